The number of rotatable bonds is 7. The first kappa shape index (κ1) is 22.4. The number of allylic oxidation sites excluding steroid dienone is 1. The minimum atomic E-state index is -0.210. The minimum Gasteiger partial charge on any atom is -0.493 e. The van der Waals surface area contributed by atoms with Gasteiger partial charge in [-0.2, -0.15) is 0 Å². The third-order valence-electron chi connectivity index (χ3n) is 6.67. The molecule has 2 aromatic rings. The fourth-order valence-electron chi connectivity index (χ4n) is 4.64. The second kappa shape index (κ2) is 11.8. The number of piperidine rings is 1. The summed E-state index contributed by atoms with van der Waals surface area (Å²) in [6.07, 6.45) is 12.8. The average Bonchev–Trinajstić information content (AvgIpc) is 2.87. The highest BCUT2D eigenvalue weighted by molar-refractivity contribution is 5.67. The van der Waals surface area contributed by atoms with Gasteiger partial charge in [-0.3, -0.25) is 0 Å². The van der Waals surface area contributed by atoms with E-state index in [1.165, 1.54) is 32.1 Å². The number of nitrogens with zero attached hydrogens (tertiary/aromatic N) is 1. The molecule has 32 heavy (non-hydrogen) atoms. The number of benzene rings is 2. The lowest BCUT2D eigenvalue weighted by Gasteiger charge is -2.30. The zero-order valence-electron chi connectivity index (χ0n) is 19.0. The van der Waals surface area contributed by atoms with Gasteiger partial charge >= 0.3 is 6.09 Å². The van der Waals surface area contributed by atoms with E-state index in [9.17, 15) is 4.79 Å². The van der Waals surface area contributed by atoms with Gasteiger partial charge in [0, 0.05) is 18.7 Å². The maximum Gasteiger partial charge on any atom is 0.410 e. The van der Waals surface area contributed by atoms with Crippen molar-refractivity contribution in [3.63, 3.8) is 0 Å². The third-order valence-corrected chi connectivity index (χ3v) is 6.67. The van der Waals surface area contributed by atoms with Crippen LogP contribution in [0.15, 0.2) is 60.7 Å². The standard InChI is InChI=1S/C28H35NO3/c30-28(32-22-25-11-5-2-6-12-25)29-19-17-23(18-20-29)15-16-26-13-7-8-14-27(26)31-21-24-9-3-1-4-10-24/h2,5-8,11-16,23-24H,1,3-4,9-10,17-22H2/b16-15+. The molecule has 0 atom stereocenters. The summed E-state index contributed by atoms with van der Waals surface area (Å²) in [4.78, 5) is 14.2. The molecule has 1 heterocycles. The highest BCUT2D eigenvalue weighted by Crippen LogP contribution is 2.27. The Morgan fingerprint density at radius 2 is 1.62 bits per heavy atom. The molecule has 2 aliphatic rings. The molecule has 1 aliphatic heterocycles. The van der Waals surface area contributed by atoms with Crippen LogP contribution in [0.1, 0.15) is 56.1 Å². The summed E-state index contributed by atoms with van der Waals surface area (Å²) in [5.41, 5.74) is 2.16. The Hall–Kier alpha value is -2.75. The highest BCUT2D eigenvalue weighted by Gasteiger charge is 2.22. The fraction of sp³-hybridized carbons (Fsp3) is 0.464. The smallest absolute Gasteiger partial charge is 0.410 e. The number of likely N-dealkylation sites (tertiary alicyclic amines) is 1. The van der Waals surface area contributed by atoms with Crippen LogP contribution in [-0.2, 0) is 11.3 Å². The van der Waals surface area contributed by atoms with E-state index in [2.05, 4.69) is 30.4 Å². The molecule has 0 bridgehead atoms. The van der Waals surface area contributed by atoms with E-state index in [-0.39, 0.29) is 6.09 Å². The summed E-state index contributed by atoms with van der Waals surface area (Å²) < 4.78 is 11.7. The predicted octanol–water partition coefficient (Wildman–Crippen LogP) is 6.71. The molecule has 1 saturated heterocycles. The summed E-state index contributed by atoms with van der Waals surface area (Å²) >= 11 is 0. The van der Waals surface area contributed by atoms with Gasteiger partial charge < -0.3 is 14.4 Å². The number of carbonyl (C=O) groups excluding carboxylic acids is 1. The highest BCUT2D eigenvalue weighted by atomic mass is 16.6. The van der Waals surface area contributed by atoms with E-state index in [1.54, 1.807) is 0 Å². The van der Waals surface area contributed by atoms with Crippen LogP contribution >= 0.6 is 0 Å². The van der Waals surface area contributed by atoms with Gasteiger partial charge in [0.15, 0.2) is 0 Å². The van der Waals surface area contributed by atoms with Crippen molar-refractivity contribution in [3.05, 3.63) is 71.8 Å². The number of carbonyl (C=O) groups is 1. The number of amides is 1. The Morgan fingerprint density at radius 1 is 0.906 bits per heavy atom. The van der Waals surface area contributed by atoms with E-state index in [0.717, 1.165) is 49.4 Å². The number of ether oxygens (including phenoxy) is 2. The van der Waals surface area contributed by atoms with Crippen LogP contribution in [0.3, 0.4) is 0 Å². The summed E-state index contributed by atoms with van der Waals surface area (Å²) in [7, 11) is 0. The van der Waals surface area contributed by atoms with Crippen LogP contribution in [0.5, 0.6) is 5.75 Å². The molecule has 0 spiro atoms. The topological polar surface area (TPSA) is 38.8 Å². The Labute approximate surface area is 192 Å². The van der Waals surface area contributed by atoms with Crippen molar-refractivity contribution < 1.29 is 14.3 Å². The maximum absolute atomic E-state index is 12.4. The molecule has 0 N–H and O–H groups in total. The molecule has 1 saturated carbocycles. The van der Waals surface area contributed by atoms with Crippen molar-refractivity contribution in [1.82, 2.24) is 4.90 Å². The lowest BCUT2D eigenvalue weighted by Crippen LogP contribution is -2.38. The van der Waals surface area contributed by atoms with Crippen molar-refractivity contribution in [2.24, 2.45) is 11.8 Å². The van der Waals surface area contributed by atoms with Crippen molar-refractivity contribution >= 4 is 12.2 Å². The molecule has 1 amide bonds. The van der Waals surface area contributed by atoms with Crippen LogP contribution in [0.2, 0.25) is 0 Å². The maximum atomic E-state index is 12.4. The summed E-state index contributed by atoms with van der Waals surface area (Å²) in [6, 6.07) is 18.1. The van der Waals surface area contributed by atoms with Gasteiger partial charge in [0.1, 0.15) is 12.4 Å². The van der Waals surface area contributed by atoms with Gasteiger partial charge in [0.05, 0.1) is 6.61 Å². The molecular weight excluding hydrogens is 398 g/mol. The molecule has 2 aromatic carbocycles. The number of hydrogen-bond donors (Lipinski definition) is 0. The van der Waals surface area contributed by atoms with Crippen LogP contribution in [0.25, 0.3) is 6.08 Å². The van der Waals surface area contributed by atoms with E-state index < -0.39 is 0 Å². The largest absolute Gasteiger partial charge is 0.493 e. The van der Waals surface area contributed by atoms with Crippen LogP contribution in [0.4, 0.5) is 4.79 Å². The molecule has 4 rings (SSSR count). The summed E-state index contributed by atoms with van der Waals surface area (Å²) in [6.45, 7) is 2.64. The van der Waals surface area contributed by atoms with E-state index >= 15 is 0 Å². The van der Waals surface area contributed by atoms with Gasteiger partial charge in [-0.15, -0.1) is 0 Å². The molecule has 2 fully saturated rings. The van der Waals surface area contributed by atoms with Gasteiger partial charge in [0.2, 0.25) is 0 Å². The molecule has 0 radical (unpaired) electrons. The molecule has 4 nitrogen and oxygen atoms in total. The number of hydrogen-bond acceptors (Lipinski definition) is 3. The lowest BCUT2D eigenvalue weighted by atomic mass is 9.90. The fourth-order valence-corrected chi connectivity index (χ4v) is 4.64. The zero-order chi connectivity index (χ0) is 22.0. The average molecular weight is 434 g/mol. The lowest BCUT2D eigenvalue weighted by molar-refractivity contribution is 0.0855. The van der Waals surface area contributed by atoms with Gasteiger partial charge in [0.25, 0.3) is 0 Å². The van der Waals surface area contributed by atoms with Crippen LogP contribution < -0.4 is 4.74 Å². The van der Waals surface area contributed by atoms with E-state index in [0.29, 0.717) is 18.4 Å². The first-order valence-corrected chi connectivity index (χ1v) is 12.1. The first-order chi connectivity index (χ1) is 15.8. The minimum absolute atomic E-state index is 0.210. The monoisotopic (exact) mass is 433 g/mol. The quantitative estimate of drug-likeness (QED) is 0.487. The second-order valence-electron chi connectivity index (χ2n) is 9.08. The van der Waals surface area contributed by atoms with Gasteiger partial charge in [-0.1, -0.05) is 79.9 Å². The Kier molecular flexibility index (Phi) is 8.24. The predicted molar refractivity (Wildman–Crippen MR) is 128 cm³/mol. The van der Waals surface area contributed by atoms with Crippen molar-refractivity contribution in [2.75, 3.05) is 19.7 Å². The normalized spacial score (nSPS) is 18.1. The van der Waals surface area contributed by atoms with Crippen molar-refractivity contribution in [2.45, 2.75) is 51.6 Å². The number of para-hydroxylation sites is 1. The van der Waals surface area contributed by atoms with E-state index in [1.807, 2.05) is 41.3 Å². The Bertz CT molecular complexity index is 865. The van der Waals surface area contributed by atoms with Crippen LogP contribution in [-0.4, -0.2) is 30.7 Å². The first-order valence-electron chi connectivity index (χ1n) is 12.1. The van der Waals surface area contributed by atoms with Crippen molar-refractivity contribution in [1.29, 1.82) is 0 Å². The summed E-state index contributed by atoms with van der Waals surface area (Å²) in [5.74, 6) is 2.16. The van der Waals surface area contributed by atoms with E-state index in [4.69, 9.17) is 9.47 Å². The van der Waals surface area contributed by atoms with Crippen LogP contribution in [0, 0.1) is 11.8 Å². The van der Waals surface area contributed by atoms with Gasteiger partial charge in [-0.05, 0) is 49.1 Å². The summed E-state index contributed by atoms with van der Waals surface area (Å²) in [5, 5.41) is 0. The molecule has 0 unspecified atom stereocenters. The SMILES string of the molecule is O=C(OCc1ccccc1)N1CCC(/C=C/c2ccccc2OCC2CCCCC2)CC1. The van der Waals surface area contributed by atoms with Crippen molar-refractivity contribution in [3.8, 4) is 5.75 Å². The molecule has 0 aromatic heterocycles. The second-order valence-corrected chi connectivity index (χ2v) is 9.08. The Morgan fingerprint density at radius 3 is 2.41 bits per heavy atom. The molecule has 170 valence electrons. The Balaban J connectivity index is 1.23. The molecule has 4 heteroatoms. The molecular formula is C28H35NO3. The third kappa shape index (κ3) is 6.62. The molecule has 1 aliphatic carbocycles. The zero-order valence-corrected chi connectivity index (χ0v) is 19.0. The van der Waals surface area contributed by atoms with Gasteiger partial charge in [-0.25, -0.2) is 4.79 Å².